The molecule has 2 aromatic carbocycles. The van der Waals surface area contributed by atoms with Gasteiger partial charge in [0.15, 0.2) is 5.72 Å². The molecule has 2 aromatic rings. The number of halogens is 1. The van der Waals surface area contributed by atoms with Gasteiger partial charge in [0, 0.05) is 31.0 Å². The largest absolute Gasteiger partial charge is 0.495 e. The van der Waals surface area contributed by atoms with Gasteiger partial charge in [-0.05, 0) is 30.3 Å². The van der Waals surface area contributed by atoms with Gasteiger partial charge in [0.2, 0.25) is 10.0 Å². The molecule has 1 saturated heterocycles. The molecule has 0 bridgehead atoms. The number of hydrogen-bond acceptors (Lipinski definition) is 5. The van der Waals surface area contributed by atoms with Gasteiger partial charge in [0.1, 0.15) is 16.4 Å². The lowest BCUT2D eigenvalue weighted by Gasteiger charge is -2.44. The second kappa shape index (κ2) is 6.95. The lowest BCUT2D eigenvalue weighted by molar-refractivity contribution is -0.0155. The summed E-state index contributed by atoms with van der Waals surface area (Å²) in [5, 5.41) is 3.22. The fourth-order valence-electron chi connectivity index (χ4n) is 3.56. The second-order valence-electron chi connectivity index (χ2n) is 6.75. The number of nitrogens with one attached hydrogen (secondary N) is 1. The molecule has 0 unspecified atom stereocenters. The van der Waals surface area contributed by atoms with Crippen molar-refractivity contribution in [3.8, 4) is 11.5 Å². The maximum Gasteiger partial charge on any atom is 0.258 e. The first kappa shape index (κ1) is 19.0. The van der Waals surface area contributed by atoms with Crippen molar-refractivity contribution >= 4 is 27.5 Å². The summed E-state index contributed by atoms with van der Waals surface area (Å²) in [6.07, 6.45) is 0.657. The maximum absolute atomic E-state index is 13.1. The number of rotatable bonds is 3. The molecule has 148 valence electrons. The van der Waals surface area contributed by atoms with Crippen molar-refractivity contribution in [2.24, 2.45) is 0 Å². The van der Waals surface area contributed by atoms with Crippen molar-refractivity contribution in [1.29, 1.82) is 0 Å². The Morgan fingerprint density at radius 3 is 2.61 bits per heavy atom. The van der Waals surface area contributed by atoms with E-state index in [0.717, 1.165) is 0 Å². The number of carbonyl (C=O) groups is 1. The van der Waals surface area contributed by atoms with Gasteiger partial charge in [-0.15, -0.1) is 0 Å². The topological polar surface area (TPSA) is 84.9 Å². The zero-order valence-electron chi connectivity index (χ0n) is 15.1. The van der Waals surface area contributed by atoms with Gasteiger partial charge >= 0.3 is 0 Å². The van der Waals surface area contributed by atoms with Gasteiger partial charge < -0.3 is 14.8 Å². The van der Waals surface area contributed by atoms with E-state index in [9.17, 15) is 13.2 Å². The average molecular weight is 423 g/mol. The van der Waals surface area contributed by atoms with Crippen LogP contribution in [-0.2, 0) is 10.0 Å². The Bertz CT molecular complexity index is 1030. The molecule has 0 atom stereocenters. The van der Waals surface area contributed by atoms with Crippen LogP contribution >= 0.6 is 11.6 Å². The number of para-hydroxylation sites is 1. The van der Waals surface area contributed by atoms with Gasteiger partial charge in [-0.2, -0.15) is 4.31 Å². The van der Waals surface area contributed by atoms with E-state index < -0.39 is 15.7 Å². The van der Waals surface area contributed by atoms with Gasteiger partial charge in [-0.25, -0.2) is 8.42 Å². The number of benzene rings is 2. The second-order valence-corrected chi connectivity index (χ2v) is 9.09. The van der Waals surface area contributed by atoms with E-state index in [0.29, 0.717) is 29.2 Å². The van der Waals surface area contributed by atoms with Crippen LogP contribution in [0.15, 0.2) is 47.4 Å². The fourth-order valence-corrected chi connectivity index (χ4v) is 5.42. The minimum Gasteiger partial charge on any atom is -0.495 e. The third-order valence-electron chi connectivity index (χ3n) is 5.05. The number of ether oxygens (including phenoxy) is 2. The standard InChI is InChI=1S/C19H19ClN2O5S/c1-26-16-7-6-13(20)12-17(16)28(24,25)22-10-8-19(9-11-22)21-18(23)14-4-2-3-5-15(14)27-19/h2-7,12H,8-11H2,1H3,(H,21,23). The number of piperidine rings is 1. The van der Waals surface area contributed by atoms with E-state index in [1.807, 2.05) is 0 Å². The average Bonchev–Trinajstić information content (AvgIpc) is 2.68. The maximum atomic E-state index is 13.1. The highest BCUT2D eigenvalue weighted by Crippen LogP contribution is 2.36. The van der Waals surface area contributed by atoms with Crippen molar-refractivity contribution in [2.75, 3.05) is 20.2 Å². The molecule has 1 spiro atoms. The van der Waals surface area contributed by atoms with E-state index in [1.165, 1.54) is 23.5 Å². The van der Waals surface area contributed by atoms with Gasteiger partial charge in [0.05, 0.1) is 12.7 Å². The number of nitrogens with zero attached hydrogens (tertiary/aromatic N) is 1. The first-order valence-electron chi connectivity index (χ1n) is 8.79. The summed E-state index contributed by atoms with van der Waals surface area (Å²) in [5.74, 6) is 0.537. The Balaban J connectivity index is 1.57. The number of sulfonamides is 1. The van der Waals surface area contributed by atoms with Crippen LogP contribution < -0.4 is 14.8 Å². The molecule has 2 heterocycles. The summed E-state index contributed by atoms with van der Waals surface area (Å²) in [6, 6.07) is 11.5. The molecule has 2 aliphatic heterocycles. The minimum absolute atomic E-state index is 0.0254. The van der Waals surface area contributed by atoms with Crippen LogP contribution in [-0.4, -0.2) is 44.6 Å². The molecular weight excluding hydrogens is 404 g/mol. The van der Waals surface area contributed by atoms with Crippen LogP contribution in [0, 0.1) is 0 Å². The molecule has 1 amide bonds. The molecule has 0 aliphatic carbocycles. The molecule has 9 heteroatoms. The SMILES string of the molecule is COc1ccc(Cl)cc1S(=O)(=O)N1CCC2(CC1)NC(=O)c1ccccc1O2. The summed E-state index contributed by atoms with van der Waals surface area (Å²) >= 11 is 5.99. The lowest BCUT2D eigenvalue weighted by atomic mass is 9.98. The van der Waals surface area contributed by atoms with Gasteiger partial charge in [-0.3, -0.25) is 4.79 Å². The van der Waals surface area contributed by atoms with Crippen molar-refractivity contribution in [3.05, 3.63) is 53.1 Å². The van der Waals surface area contributed by atoms with E-state index in [1.54, 1.807) is 30.3 Å². The van der Waals surface area contributed by atoms with Crippen molar-refractivity contribution in [3.63, 3.8) is 0 Å². The molecule has 28 heavy (non-hydrogen) atoms. The lowest BCUT2D eigenvalue weighted by Crippen LogP contribution is -2.61. The molecule has 7 nitrogen and oxygen atoms in total. The Hall–Kier alpha value is -2.29. The summed E-state index contributed by atoms with van der Waals surface area (Å²) < 4.78 is 38.8. The number of hydrogen-bond donors (Lipinski definition) is 1. The van der Waals surface area contributed by atoms with E-state index in [4.69, 9.17) is 21.1 Å². The molecule has 4 rings (SSSR count). The predicted octanol–water partition coefficient (Wildman–Crippen LogP) is 2.65. The van der Waals surface area contributed by atoms with Crippen LogP contribution in [0.5, 0.6) is 11.5 Å². The first-order valence-corrected chi connectivity index (χ1v) is 10.6. The fraction of sp³-hybridized carbons (Fsp3) is 0.316. The minimum atomic E-state index is -3.80. The zero-order chi connectivity index (χ0) is 19.9. The molecular formula is C19H19ClN2O5S. The number of carbonyl (C=O) groups excluding carboxylic acids is 1. The molecule has 1 fully saturated rings. The summed E-state index contributed by atoms with van der Waals surface area (Å²) in [4.78, 5) is 12.5. The highest BCUT2D eigenvalue weighted by molar-refractivity contribution is 7.89. The molecule has 1 N–H and O–H groups in total. The summed E-state index contributed by atoms with van der Waals surface area (Å²) in [5.41, 5.74) is -0.428. The Morgan fingerprint density at radius 2 is 1.89 bits per heavy atom. The first-order chi connectivity index (χ1) is 13.3. The third kappa shape index (κ3) is 3.21. The van der Waals surface area contributed by atoms with Crippen molar-refractivity contribution in [2.45, 2.75) is 23.5 Å². The van der Waals surface area contributed by atoms with Crippen LogP contribution in [0.3, 0.4) is 0 Å². The number of fused-ring (bicyclic) bond motifs is 1. The summed E-state index contributed by atoms with van der Waals surface area (Å²) in [7, 11) is -2.39. The molecule has 0 radical (unpaired) electrons. The summed E-state index contributed by atoms with van der Waals surface area (Å²) in [6.45, 7) is 0.390. The van der Waals surface area contributed by atoms with Crippen LogP contribution in [0.1, 0.15) is 23.2 Å². The Morgan fingerprint density at radius 1 is 1.18 bits per heavy atom. The quantitative estimate of drug-likeness (QED) is 0.821. The third-order valence-corrected chi connectivity index (χ3v) is 7.21. The van der Waals surface area contributed by atoms with Crippen molar-refractivity contribution in [1.82, 2.24) is 9.62 Å². The molecule has 0 aromatic heterocycles. The predicted molar refractivity (Wildman–Crippen MR) is 103 cm³/mol. The zero-order valence-corrected chi connectivity index (χ0v) is 16.7. The van der Waals surface area contributed by atoms with Gasteiger partial charge in [-0.1, -0.05) is 23.7 Å². The van der Waals surface area contributed by atoms with Crippen LogP contribution in [0.25, 0.3) is 0 Å². The van der Waals surface area contributed by atoms with E-state index in [-0.39, 0.29) is 29.6 Å². The van der Waals surface area contributed by atoms with E-state index in [2.05, 4.69) is 5.32 Å². The monoisotopic (exact) mass is 422 g/mol. The molecule has 2 aliphatic rings. The Labute approximate surface area is 168 Å². The highest BCUT2D eigenvalue weighted by Gasteiger charge is 2.45. The Kier molecular flexibility index (Phi) is 4.73. The van der Waals surface area contributed by atoms with Crippen molar-refractivity contribution < 1.29 is 22.7 Å². The smallest absolute Gasteiger partial charge is 0.258 e. The van der Waals surface area contributed by atoms with Crippen LogP contribution in [0.4, 0.5) is 0 Å². The molecule has 0 saturated carbocycles. The highest BCUT2D eigenvalue weighted by atomic mass is 35.5. The van der Waals surface area contributed by atoms with E-state index >= 15 is 0 Å². The normalized spacial score (nSPS) is 18.9. The number of amides is 1. The van der Waals surface area contributed by atoms with Crippen LogP contribution in [0.2, 0.25) is 5.02 Å². The van der Waals surface area contributed by atoms with Gasteiger partial charge in [0.25, 0.3) is 5.91 Å². The number of methoxy groups -OCH3 is 1.